The molecule has 18 heavy (non-hydrogen) atoms. The minimum Gasteiger partial charge on any atom is -0.492 e. The van der Waals surface area contributed by atoms with Gasteiger partial charge in [0.25, 0.3) is 0 Å². The van der Waals surface area contributed by atoms with Gasteiger partial charge in [0.2, 0.25) is 0 Å². The largest absolute Gasteiger partial charge is 0.492 e. The van der Waals surface area contributed by atoms with Gasteiger partial charge in [-0.1, -0.05) is 18.2 Å². The van der Waals surface area contributed by atoms with Crippen molar-refractivity contribution in [2.24, 2.45) is 0 Å². The molecule has 0 aliphatic carbocycles. The van der Waals surface area contributed by atoms with Crippen molar-refractivity contribution in [1.82, 2.24) is 5.32 Å². The molecule has 0 fully saturated rings. The van der Waals surface area contributed by atoms with E-state index in [9.17, 15) is 0 Å². The highest BCUT2D eigenvalue weighted by molar-refractivity contribution is 9.10. The topological polar surface area (TPSA) is 21.3 Å². The summed E-state index contributed by atoms with van der Waals surface area (Å²) in [5.74, 6) is 0.927. The molecule has 0 spiro atoms. The highest BCUT2D eigenvalue weighted by Crippen LogP contribution is 2.29. The zero-order valence-corrected chi connectivity index (χ0v) is 13.0. The number of para-hydroxylation sites is 1. The van der Waals surface area contributed by atoms with Gasteiger partial charge in [0.1, 0.15) is 5.75 Å². The molecule has 0 atom stereocenters. The van der Waals surface area contributed by atoms with Crippen LogP contribution < -0.4 is 10.1 Å². The molecule has 0 aromatic heterocycles. The van der Waals surface area contributed by atoms with Gasteiger partial charge in [-0.2, -0.15) is 0 Å². The minimum atomic E-state index is 0.0979. The van der Waals surface area contributed by atoms with Crippen LogP contribution in [0, 0.1) is 0 Å². The van der Waals surface area contributed by atoms with Crippen LogP contribution in [0.2, 0.25) is 0 Å². The van der Waals surface area contributed by atoms with E-state index in [1.54, 1.807) is 0 Å². The van der Waals surface area contributed by atoms with Crippen LogP contribution in [0.3, 0.4) is 0 Å². The predicted molar refractivity (Wildman–Crippen MR) is 81.0 cm³/mol. The molecule has 0 saturated heterocycles. The molecule has 100 valence electrons. The van der Waals surface area contributed by atoms with Crippen LogP contribution in [-0.2, 0) is 6.54 Å². The first-order valence-corrected chi connectivity index (χ1v) is 6.99. The van der Waals surface area contributed by atoms with Gasteiger partial charge >= 0.3 is 0 Å². The highest BCUT2D eigenvalue weighted by atomic mass is 79.9. The lowest BCUT2D eigenvalue weighted by Crippen LogP contribution is -2.35. The van der Waals surface area contributed by atoms with Crippen molar-refractivity contribution >= 4 is 15.9 Å². The van der Waals surface area contributed by atoms with Crippen LogP contribution in [0.4, 0.5) is 0 Å². The van der Waals surface area contributed by atoms with Gasteiger partial charge in [0.05, 0.1) is 11.1 Å². The Hall–Kier alpha value is -0.800. The first-order valence-electron chi connectivity index (χ1n) is 6.20. The zero-order valence-electron chi connectivity index (χ0n) is 11.4. The van der Waals surface area contributed by atoms with Crippen LogP contribution in [-0.4, -0.2) is 12.1 Å². The second-order valence-corrected chi connectivity index (χ2v) is 6.11. The fraction of sp³-hybridized carbons (Fsp3) is 0.467. The molecule has 1 rings (SSSR count). The number of hydrogen-bond donors (Lipinski definition) is 1. The maximum Gasteiger partial charge on any atom is 0.137 e. The molecule has 2 nitrogen and oxygen atoms in total. The Kier molecular flexibility index (Phi) is 5.89. The molecule has 0 bridgehead atoms. The van der Waals surface area contributed by atoms with Gasteiger partial charge < -0.3 is 10.1 Å². The number of rotatable bonds is 6. The molecule has 1 N–H and O–H groups in total. The Labute approximate surface area is 119 Å². The molecule has 1 aromatic carbocycles. The van der Waals surface area contributed by atoms with E-state index < -0.39 is 0 Å². The molecule has 0 amide bonds. The second-order valence-electron chi connectivity index (χ2n) is 5.26. The van der Waals surface area contributed by atoms with E-state index in [4.69, 9.17) is 4.74 Å². The van der Waals surface area contributed by atoms with Crippen LogP contribution >= 0.6 is 15.9 Å². The fourth-order valence-corrected chi connectivity index (χ4v) is 1.98. The van der Waals surface area contributed by atoms with Crippen molar-refractivity contribution in [2.45, 2.75) is 39.3 Å². The summed E-state index contributed by atoms with van der Waals surface area (Å²) in [7, 11) is 0. The van der Waals surface area contributed by atoms with Crippen LogP contribution in [0.5, 0.6) is 5.75 Å². The van der Waals surface area contributed by atoms with Gasteiger partial charge in [-0.15, -0.1) is 6.58 Å². The van der Waals surface area contributed by atoms with E-state index in [2.05, 4.69) is 54.7 Å². The number of hydrogen-bond acceptors (Lipinski definition) is 2. The van der Waals surface area contributed by atoms with Gasteiger partial charge in [-0.25, -0.2) is 0 Å². The third kappa shape index (κ3) is 5.23. The van der Waals surface area contributed by atoms with Gasteiger partial charge in [-0.3, -0.25) is 0 Å². The average molecular weight is 312 g/mol. The maximum absolute atomic E-state index is 5.82. The van der Waals surface area contributed by atoms with Crippen molar-refractivity contribution in [2.75, 3.05) is 6.61 Å². The number of ether oxygens (including phenoxy) is 1. The van der Waals surface area contributed by atoms with E-state index in [0.717, 1.165) is 23.2 Å². The van der Waals surface area contributed by atoms with Crippen LogP contribution in [0.15, 0.2) is 35.3 Å². The van der Waals surface area contributed by atoms with Crippen molar-refractivity contribution in [3.8, 4) is 5.75 Å². The van der Waals surface area contributed by atoms with E-state index in [0.29, 0.717) is 6.61 Å². The Morgan fingerprint density at radius 1 is 1.39 bits per heavy atom. The Balaban J connectivity index is 2.76. The maximum atomic E-state index is 5.82. The summed E-state index contributed by atoms with van der Waals surface area (Å²) < 4.78 is 6.82. The number of benzene rings is 1. The second kappa shape index (κ2) is 6.95. The van der Waals surface area contributed by atoms with Crippen LogP contribution in [0.25, 0.3) is 0 Å². The smallest absolute Gasteiger partial charge is 0.137 e. The number of nitrogens with one attached hydrogen (secondary N) is 1. The SMILES string of the molecule is C=CCCOc1c(Br)cccc1CNC(C)(C)C. The molecule has 1 aromatic rings. The third-order valence-corrected chi connectivity index (χ3v) is 3.05. The molecule has 0 radical (unpaired) electrons. The van der Waals surface area contributed by atoms with Crippen molar-refractivity contribution < 1.29 is 4.74 Å². The lowest BCUT2D eigenvalue weighted by Gasteiger charge is -2.22. The molecule has 0 heterocycles. The summed E-state index contributed by atoms with van der Waals surface area (Å²) in [6.45, 7) is 11.6. The third-order valence-electron chi connectivity index (χ3n) is 2.43. The van der Waals surface area contributed by atoms with Crippen molar-refractivity contribution in [3.63, 3.8) is 0 Å². The van der Waals surface area contributed by atoms with E-state index in [1.807, 2.05) is 18.2 Å². The Morgan fingerprint density at radius 3 is 2.72 bits per heavy atom. The van der Waals surface area contributed by atoms with E-state index in [1.165, 1.54) is 5.56 Å². The van der Waals surface area contributed by atoms with Gasteiger partial charge in [0, 0.05) is 17.6 Å². The predicted octanol–water partition coefficient (Wildman–Crippen LogP) is 4.29. The van der Waals surface area contributed by atoms with E-state index >= 15 is 0 Å². The molecular formula is C15H22BrNO. The quantitative estimate of drug-likeness (QED) is 0.625. The van der Waals surface area contributed by atoms with Gasteiger partial charge in [-0.05, 0) is 49.2 Å². The summed E-state index contributed by atoms with van der Waals surface area (Å²) in [6.07, 6.45) is 2.72. The standard InChI is InChI=1S/C15H22BrNO/c1-5-6-10-18-14-12(8-7-9-13(14)16)11-17-15(2,3)4/h5,7-9,17H,1,6,10-11H2,2-4H3. The average Bonchev–Trinajstić information content (AvgIpc) is 2.28. The first-order chi connectivity index (χ1) is 8.44. The minimum absolute atomic E-state index is 0.0979. The summed E-state index contributed by atoms with van der Waals surface area (Å²) >= 11 is 3.54. The summed E-state index contributed by atoms with van der Waals surface area (Å²) in [5.41, 5.74) is 1.27. The zero-order chi connectivity index (χ0) is 13.6. The Bertz CT molecular complexity index is 396. The molecule has 0 unspecified atom stereocenters. The highest BCUT2D eigenvalue weighted by Gasteiger charge is 2.12. The van der Waals surface area contributed by atoms with Crippen molar-refractivity contribution in [1.29, 1.82) is 0 Å². The molecule has 3 heteroatoms. The lowest BCUT2D eigenvalue weighted by atomic mass is 10.1. The number of halogens is 1. The summed E-state index contributed by atoms with van der Waals surface area (Å²) in [4.78, 5) is 0. The molecule has 0 aliphatic heterocycles. The molecule has 0 aliphatic rings. The summed E-state index contributed by atoms with van der Waals surface area (Å²) in [5, 5.41) is 3.48. The normalized spacial score (nSPS) is 11.3. The van der Waals surface area contributed by atoms with E-state index in [-0.39, 0.29) is 5.54 Å². The lowest BCUT2D eigenvalue weighted by molar-refractivity contribution is 0.316. The summed E-state index contributed by atoms with van der Waals surface area (Å²) in [6, 6.07) is 6.13. The Morgan fingerprint density at radius 2 is 2.11 bits per heavy atom. The molecule has 0 saturated carbocycles. The monoisotopic (exact) mass is 311 g/mol. The van der Waals surface area contributed by atoms with Gasteiger partial charge in [0.15, 0.2) is 0 Å². The fourth-order valence-electron chi connectivity index (χ4n) is 1.46. The first kappa shape index (κ1) is 15.3. The van der Waals surface area contributed by atoms with Crippen LogP contribution in [0.1, 0.15) is 32.8 Å². The van der Waals surface area contributed by atoms with Crippen molar-refractivity contribution in [3.05, 3.63) is 40.9 Å². The molecular weight excluding hydrogens is 290 g/mol.